The van der Waals surface area contributed by atoms with Crippen LogP contribution < -0.4 is 15.4 Å². The van der Waals surface area contributed by atoms with Gasteiger partial charge in [0, 0.05) is 13.1 Å². The summed E-state index contributed by atoms with van der Waals surface area (Å²) < 4.78 is 46.5. The van der Waals surface area contributed by atoms with Gasteiger partial charge in [-0.25, -0.2) is 13.2 Å². The fourth-order valence-corrected chi connectivity index (χ4v) is 3.04. The highest BCUT2D eigenvalue weighted by molar-refractivity contribution is 5.80. The number of aliphatic hydroxyl groups excluding tert-OH is 2. The van der Waals surface area contributed by atoms with E-state index in [1.165, 1.54) is 39.1 Å². The highest BCUT2D eigenvalue weighted by Gasteiger charge is 2.38. The largest absolute Gasteiger partial charge is 0.494 e. The van der Waals surface area contributed by atoms with Crippen molar-refractivity contribution in [1.29, 1.82) is 0 Å². The Labute approximate surface area is 200 Å². The molecule has 0 radical (unpaired) electrons. The summed E-state index contributed by atoms with van der Waals surface area (Å²) in [7, 11) is 2.87. The van der Waals surface area contributed by atoms with E-state index >= 15 is 0 Å². The van der Waals surface area contributed by atoms with Crippen molar-refractivity contribution in [2.45, 2.75) is 53.1 Å². The zero-order chi connectivity index (χ0) is 26.5. The predicted molar refractivity (Wildman–Crippen MR) is 130 cm³/mol. The molecule has 0 heterocycles. The van der Waals surface area contributed by atoms with Crippen LogP contribution in [0.25, 0.3) is 0 Å². The molecule has 6 nitrogen and oxygen atoms in total. The second-order valence-electron chi connectivity index (χ2n) is 7.83. The van der Waals surface area contributed by atoms with Crippen LogP contribution in [-0.4, -0.2) is 43.9 Å². The Morgan fingerprint density at radius 1 is 1.12 bits per heavy atom. The molecule has 34 heavy (non-hydrogen) atoms. The second-order valence-corrected chi connectivity index (χ2v) is 7.83. The number of carbonyl (C=O) groups is 1. The fraction of sp³-hybridized carbons (Fsp3) is 0.480. The maximum absolute atomic E-state index is 14.0. The molecule has 0 aromatic heterocycles. The van der Waals surface area contributed by atoms with Crippen molar-refractivity contribution in [2.24, 2.45) is 5.41 Å². The molecule has 1 aliphatic rings. The summed E-state index contributed by atoms with van der Waals surface area (Å²) in [5.41, 5.74) is 1.13. The van der Waals surface area contributed by atoms with E-state index in [4.69, 9.17) is 19.7 Å². The highest BCUT2D eigenvalue weighted by atomic mass is 19.2. The summed E-state index contributed by atoms with van der Waals surface area (Å²) in [4.78, 5) is 8.00. The summed E-state index contributed by atoms with van der Waals surface area (Å²) in [5, 5.41) is 22.7. The van der Waals surface area contributed by atoms with Crippen LogP contribution in [0.15, 0.2) is 24.3 Å². The van der Waals surface area contributed by atoms with Gasteiger partial charge in [-0.15, -0.1) is 0 Å². The first-order valence-electron chi connectivity index (χ1n) is 11.0. The minimum atomic E-state index is -1.11. The average molecular weight is 487 g/mol. The molecule has 0 amide bonds. The molecule has 1 fully saturated rings. The lowest BCUT2D eigenvalue weighted by Gasteiger charge is -2.17. The quantitative estimate of drug-likeness (QED) is 0.409. The Morgan fingerprint density at radius 2 is 1.71 bits per heavy atom. The summed E-state index contributed by atoms with van der Waals surface area (Å²) in [6.45, 7) is 9.79. The third kappa shape index (κ3) is 9.23. The molecule has 2 aromatic rings. The van der Waals surface area contributed by atoms with E-state index in [-0.39, 0.29) is 29.4 Å². The van der Waals surface area contributed by atoms with Crippen LogP contribution >= 0.6 is 0 Å². The molecule has 4 N–H and O–H groups in total. The molecule has 0 spiro atoms. The zero-order valence-corrected chi connectivity index (χ0v) is 20.8. The molecule has 1 atom stereocenters. The first-order chi connectivity index (χ1) is 16.1. The molecule has 0 aliphatic heterocycles. The van der Waals surface area contributed by atoms with Crippen LogP contribution in [0.1, 0.15) is 45.6 Å². The van der Waals surface area contributed by atoms with Crippen LogP contribution in [0.4, 0.5) is 30.2 Å². The third-order valence-electron chi connectivity index (χ3n) is 5.08. The molecule has 2 aromatic carbocycles. The molecule has 0 saturated heterocycles. The smallest absolute Gasteiger partial charge is 0.184 e. The first-order valence-corrected chi connectivity index (χ1v) is 11.0. The number of rotatable bonds is 7. The summed E-state index contributed by atoms with van der Waals surface area (Å²) in [6, 6.07) is 5.35. The molecule has 192 valence electrons. The number of ether oxygens (including phenoxy) is 1. The van der Waals surface area contributed by atoms with Gasteiger partial charge >= 0.3 is 0 Å². The van der Waals surface area contributed by atoms with E-state index in [9.17, 15) is 13.2 Å². The van der Waals surface area contributed by atoms with E-state index in [2.05, 4.69) is 17.6 Å². The van der Waals surface area contributed by atoms with Gasteiger partial charge in [0.1, 0.15) is 29.7 Å². The van der Waals surface area contributed by atoms with E-state index < -0.39 is 23.6 Å². The Morgan fingerprint density at radius 3 is 2.15 bits per heavy atom. The third-order valence-corrected chi connectivity index (χ3v) is 5.08. The Kier molecular flexibility index (Phi) is 13.9. The van der Waals surface area contributed by atoms with Gasteiger partial charge in [0.25, 0.3) is 0 Å². The van der Waals surface area contributed by atoms with Crippen LogP contribution in [0, 0.1) is 29.8 Å². The standard InChI is InChI=1S/C15H15F3N2O.C7H14O2.C2H6.CH2O/c1-8-4-5-11(9(16)6-8)20-15-13(18)10(17)7-12(21-3)14(15)19-2;1-7(2-3-7)4-6(9)5-8;2*1-2/h4-7,19-20H,1-3H3;6,8-9H,2-5H2,1H3;1-2H3;1H2. The summed E-state index contributed by atoms with van der Waals surface area (Å²) in [5.74, 6) is -2.63. The maximum Gasteiger partial charge on any atom is 0.184 e. The van der Waals surface area contributed by atoms with Gasteiger partial charge in [-0.3, -0.25) is 0 Å². The number of hydrogen-bond acceptors (Lipinski definition) is 6. The van der Waals surface area contributed by atoms with Crippen LogP contribution in [0.5, 0.6) is 5.75 Å². The number of hydrogen-bond donors (Lipinski definition) is 4. The molecular weight excluding hydrogens is 449 g/mol. The lowest BCUT2D eigenvalue weighted by Crippen LogP contribution is -2.16. The number of nitrogens with one attached hydrogen (secondary N) is 2. The van der Waals surface area contributed by atoms with E-state index in [1.807, 2.05) is 20.6 Å². The highest BCUT2D eigenvalue weighted by Crippen LogP contribution is 2.48. The molecular formula is C25H37F3N2O4. The number of anilines is 3. The van der Waals surface area contributed by atoms with Crippen molar-refractivity contribution >= 4 is 23.9 Å². The molecule has 1 unspecified atom stereocenters. The van der Waals surface area contributed by atoms with Gasteiger partial charge in [-0.2, -0.15) is 0 Å². The SMILES string of the molecule is C=O.CC.CC1(CC(O)CO)CC1.CNc1c(OC)cc(F)c(F)c1Nc1ccc(C)cc1F. The fourth-order valence-electron chi connectivity index (χ4n) is 3.04. The summed E-state index contributed by atoms with van der Waals surface area (Å²) >= 11 is 0. The van der Waals surface area contributed by atoms with Gasteiger partial charge < -0.3 is 30.4 Å². The van der Waals surface area contributed by atoms with Gasteiger partial charge in [0.05, 0.1) is 25.5 Å². The topological polar surface area (TPSA) is 90.8 Å². The van der Waals surface area contributed by atoms with Crippen molar-refractivity contribution in [1.82, 2.24) is 0 Å². The monoisotopic (exact) mass is 486 g/mol. The predicted octanol–water partition coefficient (Wildman–Crippen LogP) is 5.58. The lowest BCUT2D eigenvalue weighted by atomic mass is 10.0. The zero-order valence-electron chi connectivity index (χ0n) is 20.8. The number of aryl methyl sites for hydroxylation is 1. The number of benzene rings is 2. The Bertz CT molecular complexity index is 893. The van der Waals surface area contributed by atoms with Crippen molar-refractivity contribution in [2.75, 3.05) is 31.4 Å². The lowest BCUT2D eigenvalue weighted by molar-refractivity contribution is -0.0980. The number of carbonyl (C=O) groups excluding carboxylic acids is 1. The van der Waals surface area contributed by atoms with E-state index in [0.717, 1.165) is 18.1 Å². The van der Waals surface area contributed by atoms with Crippen molar-refractivity contribution in [3.05, 3.63) is 47.3 Å². The van der Waals surface area contributed by atoms with E-state index in [0.29, 0.717) is 5.41 Å². The van der Waals surface area contributed by atoms with Crippen LogP contribution in [0.2, 0.25) is 0 Å². The van der Waals surface area contributed by atoms with Gasteiger partial charge in [0.15, 0.2) is 11.6 Å². The summed E-state index contributed by atoms with van der Waals surface area (Å²) in [6.07, 6.45) is 2.70. The van der Waals surface area contributed by atoms with Gasteiger partial charge in [0.2, 0.25) is 0 Å². The van der Waals surface area contributed by atoms with E-state index in [1.54, 1.807) is 13.0 Å². The molecule has 1 saturated carbocycles. The minimum absolute atomic E-state index is 0.0450. The maximum atomic E-state index is 14.0. The average Bonchev–Trinajstić information content (AvgIpc) is 3.57. The first kappa shape index (κ1) is 31.2. The van der Waals surface area contributed by atoms with Crippen molar-refractivity contribution < 1.29 is 32.9 Å². The van der Waals surface area contributed by atoms with Crippen LogP contribution in [0.3, 0.4) is 0 Å². The Hall–Kier alpha value is -2.78. The van der Waals surface area contributed by atoms with Crippen molar-refractivity contribution in [3.8, 4) is 5.75 Å². The van der Waals surface area contributed by atoms with Gasteiger partial charge in [-0.05, 0) is 49.3 Å². The normalized spacial score (nSPS) is 13.5. The molecule has 9 heteroatoms. The molecule has 0 bridgehead atoms. The van der Waals surface area contributed by atoms with Crippen molar-refractivity contribution in [3.63, 3.8) is 0 Å². The minimum Gasteiger partial charge on any atom is -0.494 e. The second kappa shape index (κ2) is 15.2. The van der Waals surface area contributed by atoms with Crippen LogP contribution in [-0.2, 0) is 4.79 Å². The number of halogens is 3. The Balaban J connectivity index is 0.000000698. The number of methoxy groups -OCH3 is 1. The number of aliphatic hydroxyl groups is 2. The molecule has 3 rings (SSSR count). The van der Waals surface area contributed by atoms with Gasteiger partial charge in [-0.1, -0.05) is 26.8 Å². The molecule has 1 aliphatic carbocycles.